The summed E-state index contributed by atoms with van der Waals surface area (Å²) < 4.78 is 0. The lowest BCUT2D eigenvalue weighted by molar-refractivity contribution is -0.143. The van der Waals surface area contributed by atoms with Crippen molar-refractivity contribution in [3.8, 4) is 0 Å². The van der Waals surface area contributed by atoms with Crippen LogP contribution in [0.4, 0.5) is 0 Å². The van der Waals surface area contributed by atoms with Crippen LogP contribution in [0.2, 0.25) is 0 Å². The zero-order chi connectivity index (χ0) is 15.7. The predicted octanol–water partition coefficient (Wildman–Crippen LogP) is 3.60. The number of carbonyl (C=O) groups is 2. The molecular weight excluding hydrogens is 288 g/mol. The first-order valence-corrected chi connectivity index (χ1v) is 7.83. The van der Waals surface area contributed by atoms with Crippen LogP contribution in [0.5, 0.6) is 0 Å². The Hall–Kier alpha value is -1.75. The molecule has 0 fully saturated rings. The van der Waals surface area contributed by atoms with E-state index in [2.05, 4.69) is 6.58 Å². The molecule has 0 aliphatic heterocycles. The molecule has 0 heterocycles. The molecule has 0 radical (unpaired) electrons. The summed E-state index contributed by atoms with van der Waals surface area (Å²) in [5, 5.41) is 17.9. The Labute approximate surface area is 128 Å². The molecule has 0 aliphatic carbocycles. The van der Waals surface area contributed by atoms with Crippen molar-refractivity contribution < 1.29 is 19.8 Å². The molecule has 21 heavy (non-hydrogen) atoms. The Kier molecular flexibility index (Phi) is 7.61. The molecule has 0 aromatic heterocycles. The highest BCUT2D eigenvalue weighted by Gasteiger charge is 2.19. The molecule has 2 atom stereocenters. The van der Waals surface area contributed by atoms with Crippen molar-refractivity contribution in [3.63, 3.8) is 0 Å². The smallest absolute Gasteiger partial charge is 0.306 e. The quantitative estimate of drug-likeness (QED) is 0.646. The van der Waals surface area contributed by atoms with Crippen LogP contribution in [-0.4, -0.2) is 27.9 Å². The summed E-state index contributed by atoms with van der Waals surface area (Å²) in [7, 11) is 0. The molecule has 0 saturated heterocycles. The van der Waals surface area contributed by atoms with Gasteiger partial charge in [-0.25, -0.2) is 0 Å². The molecule has 5 heteroatoms. The van der Waals surface area contributed by atoms with Crippen molar-refractivity contribution in [1.82, 2.24) is 0 Å². The molecule has 1 aromatic carbocycles. The Morgan fingerprint density at radius 1 is 1.19 bits per heavy atom. The summed E-state index contributed by atoms with van der Waals surface area (Å²) in [5.41, 5.74) is 1.13. The number of hydrogen-bond donors (Lipinski definition) is 2. The SMILES string of the molecule is C=CC(SCCC(CCC(=O)O)C(=O)O)c1ccccc1. The Balaban J connectivity index is 2.46. The van der Waals surface area contributed by atoms with E-state index < -0.39 is 17.9 Å². The van der Waals surface area contributed by atoms with Crippen molar-refractivity contribution in [1.29, 1.82) is 0 Å². The maximum atomic E-state index is 11.1. The van der Waals surface area contributed by atoms with E-state index in [0.29, 0.717) is 12.2 Å². The van der Waals surface area contributed by atoms with Crippen molar-refractivity contribution in [2.45, 2.75) is 24.5 Å². The van der Waals surface area contributed by atoms with Gasteiger partial charge in [-0.3, -0.25) is 9.59 Å². The lowest BCUT2D eigenvalue weighted by atomic mass is 10.0. The molecule has 1 aromatic rings. The van der Waals surface area contributed by atoms with Crippen LogP contribution >= 0.6 is 11.8 Å². The third kappa shape index (κ3) is 6.49. The second-order valence-electron chi connectivity index (χ2n) is 4.69. The van der Waals surface area contributed by atoms with E-state index in [4.69, 9.17) is 10.2 Å². The number of hydrogen-bond acceptors (Lipinski definition) is 3. The second-order valence-corrected chi connectivity index (χ2v) is 5.94. The van der Waals surface area contributed by atoms with Crippen LogP contribution in [0, 0.1) is 5.92 Å². The summed E-state index contributed by atoms with van der Waals surface area (Å²) in [5.74, 6) is -1.83. The highest BCUT2D eigenvalue weighted by atomic mass is 32.2. The lowest BCUT2D eigenvalue weighted by Crippen LogP contribution is -2.16. The largest absolute Gasteiger partial charge is 0.481 e. The first-order valence-electron chi connectivity index (χ1n) is 6.78. The van der Waals surface area contributed by atoms with Gasteiger partial charge in [0.25, 0.3) is 0 Å². The number of carboxylic acids is 2. The molecule has 0 saturated carbocycles. The van der Waals surface area contributed by atoms with Crippen LogP contribution in [0.25, 0.3) is 0 Å². The first-order chi connectivity index (χ1) is 10.0. The molecule has 0 aliphatic rings. The van der Waals surface area contributed by atoms with Gasteiger partial charge in [-0.05, 0) is 24.2 Å². The molecule has 1 rings (SSSR count). The normalized spacial score (nSPS) is 13.3. The monoisotopic (exact) mass is 308 g/mol. The molecular formula is C16H20O4S. The van der Waals surface area contributed by atoms with E-state index in [-0.39, 0.29) is 18.1 Å². The molecule has 0 bridgehead atoms. The van der Waals surface area contributed by atoms with Gasteiger partial charge in [0.1, 0.15) is 0 Å². The van der Waals surface area contributed by atoms with Gasteiger partial charge in [0.05, 0.1) is 5.92 Å². The Morgan fingerprint density at radius 2 is 1.86 bits per heavy atom. The van der Waals surface area contributed by atoms with Crippen LogP contribution < -0.4 is 0 Å². The van der Waals surface area contributed by atoms with Crippen LogP contribution in [-0.2, 0) is 9.59 Å². The molecule has 0 amide bonds. The van der Waals surface area contributed by atoms with E-state index in [9.17, 15) is 9.59 Å². The zero-order valence-corrected chi connectivity index (χ0v) is 12.6. The summed E-state index contributed by atoms with van der Waals surface area (Å²) in [4.78, 5) is 21.6. The fourth-order valence-corrected chi connectivity index (χ4v) is 3.13. The Morgan fingerprint density at radius 3 is 2.38 bits per heavy atom. The molecule has 2 N–H and O–H groups in total. The van der Waals surface area contributed by atoms with Gasteiger partial charge in [-0.1, -0.05) is 36.4 Å². The zero-order valence-electron chi connectivity index (χ0n) is 11.8. The van der Waals surface area contributed by atoms with Crippen molar-refractivity contribution in [3.05, 3.63) is 48.6 Å². The lowest BCUT2D eigenvalue weighted by Gasteiger charge is -2.15. The maximum Gasteiger partial charge on any atom is 0.306 e. The maximum absolute atomic E-state index is 11.1. The van der Waals surface area contributed by atoms with Gasteiger partial charge in [-0.2, -0.15) is 0 Å². The molecule has 2 unspecified atom stereocenters. The fraction of sp³-hybridized carbons (Fsp3) is 0.375. The Bertz CT molecular complexity index is 472. The molecule has 0 spiro atoms. The fourth-order valence-electron chi connectivity index (χ4n) is 1.97. The van der Waals surface area contributed by atoms with Crippen LogP contribution in [0.3, 0.4) is 0 Å². The highest BCUT2D eigenvalue weighted by Crippen LogP contribution is 2.31. The van der Waals surface area contributed by atoms with Crippen molar-refractivity contribution in [2.75, 3.05) is 5.75 Å². The van der Waals surface area contributed by atoms with Crippen LogP contribution in [0.1, 0.15) is 30.1 Å². The minimum atomic E-state index is -0.956. The van der Waals surface area contributed by atoms with Crippen LogP contribution in [0.15, 0.2) is 43.0 Å². The van der Waals surface area contributed by atoms with E-state index in [0.717, 1.165) is 5.56 Å². The van der Waals surface area contributed by atoms with Crippen molar-refractivity contribution in [2.24, 2.45) is 5.92 Å². The second kappa shape index (κ2) is 9.23. The minimum absolute atomic E-state index is 0.106. The van der Waals surface area contributed by atoms with E-state index in [1.54, 1.807) is 11.8 Å². The molecule has 114 valence electrons. The standard InChI is InChI=1S/C16H20O4S/c1-2-14(12-6-4-3-5-7-12)21-11-10-13(16(19)20)8-9-15(17)18/h2-7,13-14H,1,8-11H2,(H,17,18)(H,19,20). The molecule has 4 nitrogen and oxygen atoms in total. The summed E-state index contributed by atoms with van der Waals surface area (Å²) in [6, 6.07) is 9.89. The topological polar surface area (TPSA) is 74.6 Å². The predicted molar refractivity (Wildman–Crippen MR) is 84.5 cm³/mol. The first kappa shape index (κ1) is 17.3. The number of thioether (sulfide) groups is 1. The summed E-state index contributed by atoms with van der Waals surface area (Å²) >= 11 is 1.63. The van der Waals surface area contributed by atoms with E-state index in [1.807, 2.05) is 36.4 Å². The van der Waals surface area contributed by atoms with Gasteiger partial charge in [0.2, 0.25) is 0 Å². The van der Waals surface area contributed by atoms with E-state index in [1.165, 1.54) is 0 Å². The third-order valence-corrected chi connectivity index (χ3v) is 4.46. The summed E-state index contributed by atoms with van der Waals surface area (Å²) in [6.45, 7) is 3.81. The van der Waals surface area contributed by atoms with E-state index >= 15 is 0 Å². The van der Waals surface area contributed by atoms with Gasteiger partial charge in [0.15, 0.2) is 0 Å². The van der Waals surface area contributed by atoms with Gasteiger partial charge in [0, 0.05) is 11.7 Å². The van der Waals surface area contributed by atoms with Gasteiger partial charge >= 0.3 is 11.9 Å². The average molecular weight is 308 g/mol. The average Bonchev–Trinajstić information content (AvgIpc) is 2.47. The van der Waals surface area contributed by atoms with Gasteiger partial charge in [-0.15, -0.1) is 18.3 Å². The number of aliphatic carboxylic acids is 2. The number of rotatable bonds is 10. The summed E-state index contributed by atoms with van der Waals surface area (Å²) in [6.07, 6.45) is 2.37. The van der Waals surface area contributed by atoms with Gasteiger partial charge < -0.3 is 10.2 Å². The number of benzene rings is 1. The number of carboxylic acid groups (broad SMARTS) is 2. The minimum Gasteiger partial charge on any atom is -0.481 e. The third-order valence-electron chi connectivity index (χ3n) is 3.16. The van der Waals surface area contributed by atoms with Crippen molar-refractivity contribution >= 4 is 23.7 Å². The highest BCUT2D eigenvalue weighted by molar-refractivity contribution is 7.99.